The molecule has 1 fully saturated rings. The summed E-state index contributed by atoms with van der Waals surface area (Å²) in [6.07, 6.45) is 1.63. The van der Waals surface area contributed by atoms with Gasteiger partial charge < -0.3 is 24.5 Å². The van der Waals surface area contributed by atoms with Crippen molar-refractivity contribution in [2.24, 2.45) is 14.1 Å². The summed E-state index contributed by atoms with van der Waals surface area (Å²) in [6, 6.07) is 3.74. The van der Waals surface area contributed by atoms with Crippen LogP contribution in [0.25, 0.3) is 11.2 Å². The zero-order valence-electron chi connectivity index (χ0n) is 15.6. The van der Waals surface area contributed by atoms with Gasteiger partial charge in [-0.05, 0) is 24.4 Å². The van der Waals surface area contributed by atoms with Crippen LogP contribution in [0.2, 0.25) is 0 Å². The third-order valence-electron chi connectivity index (χ3n) is 4.94. The van der Waals surface area contributed by atoms with Gasteiger partial charge in [0.05, 0.1) is 12.8 Å². The van der Waals surface area contributed by atoms with Crippen molar-refractivity contribution in [2.75, 3.05) is 31.1 Å². The van der Waals surface area contributed by atoms with Crippen molar-refractivity contribution in [1.29, 1.82) is 0 Å². The smallest absolute Gasteiger partial charge is 0.332 e. The van der Waals surface area contributed by atoms with Crippen molar-refractivity contribution in [2.45, 2.75) is 6.54 Å². The molecule has 0 radical (unpaired) electrons. The van der Waals surface area contributed by atoms with E-state index < -0.39 is 5.69 Å². The van der Waals surface area contributed by atoms with Crippen LogP contribution >= 0.6 is 12.2 Å². The quantitative estimate of drug-likeness (QED) is 0.577. The predicted molar refractivity (Wildman–Crippen MR) is 109 cm³/mol. The summed E-state index contributed by atoms with van der Waals surface area (Å²) < 4.78 is 7.75. The van der Waals surface area contributed by atoms with Crippen molar-refractivity contribution in [1.82, 2.24) is 29.3 Å². The molecule has 4 rings (SSSR count). The second kappa shape index (κ2) is 7.15. The molecule has 2 N–H and O–H groups in total. The molecule has 1 aliphatic rings. The zero-order chi connectivity index (χ0) is 19.8. The summed E-state index contributed by atoms with van der Waals surface area (Å²) in [5, 5.41) is 3.88. The molecular weight excluding hydrogens is 382 g/mol. The number of nitrogens with one attached hydrogen (secondary N) is 2. The highest BCUT2D eigenvalue weighted by Crippen LogP contribution is 2.15. The molecule has 0 aliphatic carbocycles. The summed E-state index contributed by atoms with van der Waals surface area (Å²) in [5.41, 5.74) is -0.0778. The molecule has 3 aromatic heterocycles. The van der Waals surface area contributed by atoms with Gasteiger partial charge in [0.15, 0.2) is 16.3 Å². The van der Waals surface area contributed by atoms with Crippen LogP contribution in [-0.4, -0.2) is 55.3 Å². The largest absolute Gasteiger partial charge is 0.467 e. The molecule has 0 unspecified atom stereocenters. The van der Waals surface area contributed by atoms with E-state index >= 15 is 0 Å². The Morgan fingerprint density at radius 1 is 1.25 bits per heavy atom. The average molecular weight is 403 g/mol. The number of aromatic nitrogens is 4. The van der Waals surface area contributed by atoms with Gasteiger partial charge in [-0.1, -0.05) is 0 Å². The van der Waals surface area contributed by atoms with Gasteiger partial charge >= 0.3 is 5.69 Å². The van der Waals surface area contributed by atoms with E-state index in [1.165, 1.54) is 11.6 Å². The lowest BCUT2D eigenvalue weighted by Gasteiger charge is -2.36. The van der Waals surface area contributed by atoms with Gasteiger partial charge in [-0.3, -0.25) is 13.9 Å². The van der Waals surface area contributed by atoms with Crippen LogP contribution < -0.4 is 21.5 Å². The molecular formula is C17H21N7O3S. The minimum Gasteiger partial charge on any atom is -0.467 e. The summed E-state index contributed by atoms with van der Waals surface area (Å²) >= 11 is 5.47. The van der Waals surface area contributed by atoms with Gasteiger partial charge in [-0.2, -0.15) is 4.98 Å². The molecule has 1 aliphatic heterocycles. The number of hydrogen-bond acceptors (Lipinski definition) is 6. The fourth-order valence-corrected chi connectivity index (χ4v) is 3.53. The van der Waals surface area contributed by atoms with Crippen LogP contribution in [0.4, 0.5) is 5.95 Å². The Morgan fingerprint density at radius 2 is 2.00 bits per heavy atom. The maximum atomic E-state index is 12.3. The normalized spacial score (nSPS) is 14.6. The number of piperazine rings is 1. The molecule has 0 atom stereocenters. The molecule has 0 aromatic carbocycles. The first-order valence-electron chi connectivity index (χ1n) is 8.91. The lowest BCUT2D eigenvalue weighted by molar-refractivity contribution is 0.375. The lowest BCUT2D eigenvalue weighted by atomic mass is 10.3. The van der Waals surface area contributed by atoms with Gasteiger partial charge in [0, 0.05) is 40.3 Å². The molecule has 0 amide bonds. The van der Waals surface area contributed by atoms with Crippen LogP contribution in [0.15, 0.2) is 32.4 Å². The van der Waals surface area contributed by atoms with E-state index in [9.17, 15) is 9.59 Å². The first-order chi connectivity index (χ1) is 13.5. The number of H-pyrrole nitrogens is 1. The number of fused-ring (bicyclic) bond motifs is 1. The molecule has 1 saturated heterocycles. The molecule has 11 heteroatoms. The SMILES string of the molecule is Cn1c(=O)c2[nH]c(N3CCN(C(=S)NCc4ccco4)CC3)nc2n(C)c1=O. The number of imidazole rings is 1. The van der Waals surface area contributed by atoms with E-state index in [4.69, 9.17) is 16.6 Å². The monoisotopic (exact) mass is 403 g/mol. The third-order valence-corrected chi connectivity index (χ3v) is 5.35. The Labute approximate surface area is 165 Å². The Bertz CT molecular complexity index is 1120. The van der Waals surface area contributed by atoms with Gasteiger partial charge in [0.2, 0.25) is 5.95 Å². The molecule has 0 spiro atoms. The standard InChI is InChI=1S/C17H21N7O3S/c1-21-13-12(14(25)22(2)17(21)26)19-15(20-13)23-5-7-24(8-6-23)16(28)18-10-11-4-3-9-27-11/h3-4,9H,5-8,10H2,1-2H3,(H,18,28)(H,19,20). The van der Waals surface area contributed by atoms with Crippen molar-refractivity contribution < 1.29 is 4.42 Å². The van der Waals surface area contributed by atoms with Gasteiger partial charge in [-0.25, -0.2) is 4.79 Å². The van der Waals surface area contributed by atoms with E-state index in [0.29, 0.717) is 41.9 Å². The number of anilines is 1. The van der Waals surface area contributed by atoms with E-state index in [0.717, 1.165) is 23.4 Å². The number of aromatic amines is 1. The lowest BCUT2D eigenvalue weighted by Crippen LogP contribution is -2.51. The molecule has 0 bridgehead atoms. The molecule has 28 heavy (non-hydrogen) atoms. The Hall–Kier alpha value is -3.08. The summed E-state index contributed by atoms with van der Waals surface area (Å²) in [4.78, 5) is 36.1. The van der Waals surface area contributed by atoms with Crippen LogP contribution in [-0.2, 0) is 20.6 Å². The van der Waals surface area contributed by atoms with Crippen molar-refractivity contribution in [3.63, 3.8) is 0 Å². The number of aryl methyl sites for hydroxylation is 1. The van der Waals surface area contributed by atoms with E-state index in [-0.39, 0.29) is 5.56 Å². The second-order valence-corrected chi connectivity index (χ2v) is 7.06. The van der Waals surface area contributed by atoms with E-state index in [1.807, 2.05) is 12.1 Å². The molecule has 4 heterocycles. The zero-order valence-corrected chi connectivity index (χ0v) is 16.5. The van der Waals surface area contributed by atoms with Crippen molar-refractivity contribution in [3.05, 3.63) is 45.0 Å². The Morgan fingerprint density at radius 3 is 2.68 bits per heavy atom. The van der Waals surface area contributed by atoms with Crippen molar-refractivity contribution >= 4 is 34.4 Å². The second-order valence-electron chi connectivity index (χ2n) is 6.68. The average Bonchev–Trinajstić information content (AvgIpc) is 3.39. The highest BCUT2D eigenvalue weighted by molar-refractivity contribution is 7.80. The van der Waals surface area contributed by atoms with Gasteiger partial charge in [0.1, 0.15) is 5.76 Å². The maximum absolute atomic E-state index is 12.3. The summed E-state index contributed by atoms with van der Waals surface area (Å²) in [6.45, 7) is 3.37. The topological polar surface area (TPSA) is 104 Å². The molecule has 0 saturated carbocycles. The van der Waals surface area contributed by atoms with Crippen LogP contribution in [0, 0.1) is 0 Å². The number of furan rings is 1. The fourth-order valence-electron chi connectivity index (χ4n) is 3.27. The summed E-state index contributed by atoms with van der Waals surface area (Å²) in [7, 11) is 3.07. The Balaban J connectivity index is 1.44. The maximum Gasteiger partial charge on any atom is 0.332 e. The predicted octanol–water partition coefficient (Wildman–Crippen LogP) is -0.250. The number of hydrogen-bond donors (Lipinski definition) is 2. The fraction of sp³-hybridized carbons (Fsp3) is 0.412. The first kappa shape index (κ1) is 18.3. The number of nitrogens with zero attached hydrogens (tertiary/aromatic N) is 5. The highest BCUT2D eigenvalue weighted by Gasteiger charge is 2.23. The van der Waals surface area contributed by atoms with E-state index in [2.05, 4.69) is 25.1 Å². The minimum atomic E-state index is -0.395. The summed E-state index contributed by atoms with van der Waals surface area (Å²) in [5.74, 6) is 1.41. The molecule has 148 valence electrons. The van der Waals surface area contributed by atoms with Gasteiger partial charge in [0.25, 0.3) is 5.56 Å². The van der Waals surface area contributed by atoms with Gasteiger partial charge in [-0.15, -0.1) is 0 Å². The van der Waals surface area contributed by atoms with Crippen LogP contribution in [0.5, 0.6) is 0 Å². The van der Waals surface area contributed by atoms with Crippen LogP contribution in [0.3, 0.4) is 0 Å². The molecule has 3 aromatic rings. The highest BCUT2D eigenvalue weighted by atomic mass is 32.1. The van der Waals surface area contributed by atoms with E-state index in [1.54, 1.807) is 13.3 Å². The number of thiocarbonyl (C=S) groups is 1. The Kier molecular flexibility index (Phi) is 4.67. The first-order valence-corrected chi connectivity index (χ1v) is 9.32. The third kappa shape index (κ3) is 3.17. The minimum absolute atomic E-state index is 0.331. The van der Waals surface area contributed by atoms with Crippen molar-refractivity contribution in [3.8, 4) is 0 Å². The van der Waals surface area contributed by atoms with Crippen LogP contribution in [0.1, 0.15) is 5.76 Å². The number of rotatable bonds is 3. The molecule has 10 nitrogen and oxygen atoms in total.